The van der Waals surface area contributed by atoms with Crippen molar-refractivity contribution in [2.75, 3.05) is 6.54 Å². The normalized spacial score (nSPS) is 18.4. The lowest BCUT2D eigenvalue weighted by atomic mass is 9.81. The molecule has 2 unspecified atom stereocenters. The van der Waals surface area contributed by atoms with Gasteiger partial charge in [-0.3, -0.25) is 0 Å². The Labute approximate surface area is 154 Å². The van der Waals surface area contributed by atoms with Crippen molar-refractivity contribution in [3.05, 3.63) is 96.1 Å². The van der Waals surface area contributed by atoms with Crippen LogP contribution in [0.5, 0.6) is 0 Å². The Morgan fingerprint density at radius 2 is 1.50 bits per heavy atom. The Morgan fingerprint density at radius 1 is 0.731 bits per heavy atom. The van der Waals surface area contributed by atoms with E-state index in [0.29, 0.717) is 12.0 Å². The minimum Gasteiger partial charge on any atom is -0.313 e. The van der Waals surface area contributed by atoms with Crippen LogP contribution >= 0.6 is 0 Å². The molecule has 0 amide bonds. The summed E-state index contributed by atoms with van der Waals surface area (Å²) < 4.78 is 0. The minimum absolute atomic E-state index is 0.383. The van der Waals surface area contributed by atoms with Crippen LogP contribution in [0.4, 0.5) is 0 Å². The fourth-order valence-corrected chi connectivity index (χ4v) is 4.55. The molecule has 2 atom stereocenters. The summed E-state index contributed by atoms with van der Waals surface area (Å²) in [7, 11) is 0. The van der Waals surface area contributed by atoms with E-state index < -0.39 is 0 Å². The van der Waals surface area contributed by atoms with Gasteiger partial charge in [0.1, 0.15) is 0 Å². The standard InChI is InChI=1S/C25H23N/c1-2-9-20-17-21(15-14-18(20)7-1)25(24-13-6-16-26-24)23-12-5-10-19-8-3-4-11-22(19)23/h1-5,7-12,14-15,17,24-26H,6,13,16H2. The predicted octanol–water partition coefficient (Wildman–Crippen LogP) is 5.88. The zero-order valence-electron chi connectivity index (χ0n) is 14.9. The third-order valence-corrected chi connectivity index (χ3v) is 5.79. The van der Waals surface area contributed by atoms with E-state index in [1.54, 1.807) is 0 Å². The van der Waals surface area contributed by atoms with E-state index >= 15 is 0 Å². The molecule has 1 saturated heterocycles. The molecular weight excluding hydrogens is 314 g/mol. The quantitative estimate of drug-likeness (QED) is 0.492. The van der Waals surface area contributed by atoms with Crippen molar-refractivity contribution in [3.63, 3.8) is 0 Å². The third kappa shape index (κ3) is 2.69. The van der Waals surface area contributed by atoms with Gasteiger partial charge in [-0.15, -0.1) is 0 Å². The molecule has 5 rings (SSSR count). The second kappa shape index (κ2) is 6.59. The van der Waals surface area contributed by atoms with Gasteiger partial charge in [0.05, 0.1) is 0 Å². The van der Waals surface area contributed by atoms with Crippen LogP contribution in [0.25, 0.3) is 21.5 Å². The first-order chi connectivity index (χ1) is 12.9. The van der Waals surface area contributed by atoms with E-state index in [1.165, 1.54) is 45.5 Å². The molecule has 0 aromatic heterocycles. The lowest BCUT2D eigenvalue weighted by Crippen LogP contribution is -2.29. The molecule has 0 saturated carbocycles. The molecule has 1 aliphatic rings. The van der Waals surface area contributed by atoms with Crippen molar-refractivity contribution < 1.29 is 0 Å². The van der Waals surface area contributed by atoms with Crippen LogP contribution in [0.2, 0.25) is 0 Å². The SMILES string of the molecule is c1ccc2cc(C(c3cccc4ccccc34)C3CCCN3)ccc2c1. The van der Waals surface area contributed by atoms with Crippen molar-refractivity contribution in [1.82, 2.24) is 5.32 Å². The second-order valence-corrected chi connectivity index (χ2v) is 7.36. The monoisotopic (exact) mass is 337 g/mol. The van der Waals surface area contributed by atoms with Crippen molar-refractivity contribution in [1.29, 1.82) is 0 Å². The molecule has 128 valence electrons. The summed E-state index contributed by atoms with van der Waals surface area (Å²) in [5.74, 6) is 0.383. The highest BCUT2D eigenvalue weighted by Crippen LogP contribution is 2.37. The van der Waals surface area contributed by atoms with Crippen LogP contribution in [0.1, 0.15) is 29.9 Å². The van der Waals surface area contributed by atoms with E-state index in [4.69, 9.17) is 0 Å². The second-order valence-electron chi connectivity index (χ2n) is 7.36. The molecule has 1 N–H and O–H groups in total. The van der Waals surface area contributed by atoms with Gasteiger partial charge in [0.2, 0.25) is 0 Å². The van der Waals surface area contributed by atoms with Crippen LogP contribution < -0.4 is 5.32 Å². The number of rotatable bonds is 3. The van der Waals surface area contributed by atoms with Crippen molar-refractivity contribution in [2.45, 2.75) is 24.8 Å². The lowest BCUT2D eigenvalue weighted by Gasteiger charge is -2.26. The summed E-state index contributed by atoms with van der Waals surface area (Å²) >= 11 is 0. The average molecular weight is 337 g/mol. The van der Waals surface area contributed by atoms with Gasteiger partial charge in [-0.25, -0.2) is 0 Å². The number of fused-ring (bicyclic) bond motifs is 2. The molecule has 1 heteroatoms. The first-order valence-corrected chi connectivity index (χ1v) is 9.60. The molecule has 0 radical (unpaired) electrons. The summed E-state index contributed by atoms with van der Waals surface area (Å²) in [6.07, 6.45) is 2.50. The third-order valence-electron chi connectivity index (χ3n) is 5.79. The Balaban J connectivity index is 1.71. The molecule has 4 aromatic carbocycles. The summed E-state index contributed by atoms with van der Waals surface area (Å²) in [4.78, 5) is 0. The van der Waals surface area contributed by atoms with Crippen LogP contribution in [-0.2, 0) is 0 Å². The number of hydrogen-bond donors (Lipinski definition) is 1. The zero-order valence-corrected chi connectivity index (χ0v) is 14.9. The van der Waals surface area contributed by atoms with E-state index in [2.05, 4.69) is 90.2 Å². The first-order valence-electron chi connectivity index (χ1n) is 9.60. The van der Waals surface area contributed by atoms with E-state index in [9.17, 15) is 0 Å². The topological polar surface area (TPSA) is 12.0 Å². The summed E-state index contributed by atoms with van der Waals surface area (Å²) in [5.41, 5.74) is 2.86. The lowest BCUT2D eigenvalue weighted by molar-refractivity contribution is 0.543. The summed E-state index contributed by atoms with van der Waals surface area (Å²) in [6, 6.07) is 31.7. The molecule has 4 aromatic rings. The Bertz CT molecular complexity index is 1050. The smallest absolute Gasteiger partial charge is 0.0249 e. The van der Waals surface area contributed by atoms with Gasteiger partial charge in [0, 0.05) is 12.0 Å². The highest BCUT2D eigenvalue weighted by Gasteiger charge is 2.28. The van der Waals surface area contributed by atoms with Crippen LogP contribution in [0.15, 0.2) is 84.9 Å². The summed E-state index contributed by atoms with van der Waals surface area (Å²) in [5, 5.41) is 9.11. The molecule has 26 heavy (non-hydrogen) atoms. The minimum atomic E-state index is 0.383. The maximum atomic E-state index is 3.77. The molecule has 0 aliphatic carbocycles. The van der Waals surface area contributed by atoms with Crippen LogP contribution in [0.3, 0.4) is 0 Å². The predicted molar refractivity (Wildman–Crippen MR) is 111 cm³/mol. The first kappa shape index (κ1) is 15.6. The number of benzene rings is 4. The number of hydrogen-bond acceptors (Lipinski definition) is 1. The molecule has 1 aliphatic heterocycles. The summed E-state index contributed by atoms with van der Waals surface area (Å²) in [6.45, 7) is 1.12. The van der Waals surface area contributed by atoms with Crippen LogP contribution in [0, 0.1) is 0 Å². The molecule has 1 heterocycles. The van der Waals surface area contributed by atoms with E-state index in [0.717, 1.165) is 6.54 Å². The molecule has 0 bridgehead atoms. The fraction of sp³-hybridized carbons (Fsp3) is 0.200. The Hall–Kier alpha value is -2.64. The van der Waals surface area contributed by atoms with E-state index in [-0.39, 0.29) is 0 Å². The maximum Gasteiger partial charge on any atom is 0.0249 e. The molecule has 1 nitrogen and oxygen atoms in total. The van der Waals surface area contributed by atoms with Crippen molar-refractivity contribution in [2.24, 2.45) is 0 Å². The average Bonchev–Trinajstić information content (AvgIpc) is 3.23. The van der Waals surface area contributed by atoms with Gasteiger partial charge >= 0.3 is 0 Å². The van der Waals surface area contributed by atoms with Gasteiger partial charge in [0.25, 0.3) is 0 Å². The van der Waals surface area contributed by atoms with Gasteiger partial charge in [0.15, 0.2) is 0 Å². The zero-order chi connectivity index (χ0) is 17.3. The fourth-order valence-electron chi connectivity index (χ4n) is 4.55. The van der Waals surface area contributed by atoms with Crippen molar-refractivity contribution in [3.8, 4) is 0 Å². The van der Waals surface area contributed by atoms with Gasteiger partial charge in [-0.1, -0.05) is 84.9 Å². The molecular formula is C25H23N. The maximum absolute atomic E-state index is 3.77. The number of nitrogens with one attached hydrogen (secondary N) is 1. The largest absolute Gasteiger partial charge is 0.313 e. The van der Waals surface area contributed by atoms with Crippen molar-refractivity contribution >= 4 is 21.5 Å². The van der Waals surface area contributed by atoms with Gasteiger partial charge in [-0.05, 0) is 52.1 Å². The van der Waals surface area contributed by atoms with Gasteiger partial charge < -0.3 is 5.32 Å². The van der Waals surface area contributed by atoms with E-state index in [1.807, 2.05) is 0 Å². The van der Waals surface area contributed by atoms with Gasteiger partial charge in [-0.2, -0.15) is 0 Å². The molecule has 0 spiro atoms. The highest BCUT2D eigenvalue weighted by molar-refractivity contribution is 5.87. The van der Waals surface area contributed by atoms with Crippen LogP contribution in [-0.4, -0.2) is 12.6 Å². The Kier molecular flexibility index (Phi) is 3.95. The highest BCUT2D eigenvalue weighted by atomic mass is 14.9. The Morgan fingerprint density at radius 3 is 2.35 bits per heavy atom. The molecule has 1 fully saturated rings.